The quantitative estimate of drug-likeness (QED) is 0.847. The number of nitrogens with one attached hydrogen (secondary N) is 2. The van der Waals surface area contributed by atoms with E-state index in [1.807, 2.05) is 26.1 Å². The van der Waals surface area contributed by atoms with E-state index in [1.54, 1.807) is 6.26 Å². The Labute approximate surface area is 119 Å². The van der Waals surface area contributed by atoms with Gasteiger partial charge in [-0.2, -0.15) is 0 Å². The van der Waals surface area contributed by atoms with Crippen LogP contribution in [0.1, 0.15) is 31.0 Å². The fourth-order valence-corrected chi connectivity index (χ4v) is 2.12. The van der Waals surface area contributed by atoms with Crippen molar-refractivity contribution in [2.45, 2.75) is 39.7 Å². The molecule has 0 aliphatic heterocycles. The lowest BCUT2D eigenvalue weighted by molar-refractivity contribution is 0.497. The van der Waals surface area contributed by atoms with Crippen LogP contribution in [0.15, 0.2) is 22.8 Å². The van der Waals surface area contributed by atoms with Gasteiger partial charge in [-0.1, -0.05) is 6.92 Å². The van der Waals surface area contributed by atoms with Gasteiger partial charge < -0.3 is 15.1 Å². The van der Waals surface area contributed by atoms with Crippen molar-refractivity contribution in [2.75, 3.05) is 17.7 Å². The predicted molar refractivity (Wildman–Crippen MR) is 81.2 cm³/mol. The number of furan rings is 1. The van der Waals surface area contributed by atoms with Gasteiger partial charge in [0.05, 0.1) is 6.26 Å². The molecule has 0 aliphatic rings. The Morgan fingerprint density at radius 3 is 2.65 bits per heavy atom. The zero-order valence-corrected chi connectivity index (χ0v) is 12.5. The summed E-state index contributed by atoms with van der Waals surface area (Å²) in [6.07, 6.45) is 3.34. The summed E-state index contributed by atoms with van der Waals surface area (Å²) in [5.74, 6) is 3.58. The Morgan fingerprint density at radius 2 is 2.05 bits per heavy atom. The first-order valence-electron chi connectivity index (χ1n) is 6.98. The van der Waals surface area contributed by atoms with Crippen LogP contribution in [0.4, 0.5) is 11.6 Å². The van der Waals surface area contributed by atoms with Crippen molar-refractivity contribution in [2.24, 2.45) is 0 Å². The molecule has 0 radical (unpaired) electrons. The minimum absolute atomic E-state index is 0.240. The highest BCUT2D eigenvalue weighted by Crippen LogP contribution is 2.21. The zero-order chi connectivity index (χ0) is 14.5. The van der Waals surface area contributed by atoms with Crippen LogP contribution in [0.3, 0.4) is 0 Å². The molecule has 20 heavy (non-hydrogen) atoms. The Bertz CT molecular complexity index is 551. The van der Waals surface area contributed by atoms with Crippen molar-refractivity contribution in [3.63, 3.8) is 0 Å². The molecule has 5 heteroatoms. The molecule has 0 aromatic carbocycles. The first kappa shape index (κ1) is 14.4. The number of aromatic nitrogens is 2. The third-order valence-corrected chi connectivity index (χ3v) is 3.22. The maximum absolute atomic E-state index is 5.38. The van der Waals surface area contributed by atoms with Crippen LogP contribution in [0.25, 0.3) is 0 Å². The fraction of sp³-hybridized carbons (Fsp3) is 0.467. The molecule has 2 aromatic heterocycles. The highest BCUT2D eigenvalue weighted by molar-refractivity contribution is 5.57. The van der Waals surface area contributed by atoms with E-state index in [4.69, 9.17) is 4.42 Å². The van der Waals surface area contributed by atoms with Gasteiger partial charge in [-0.3, -0.25) is 0 Å². The van der Waals surface area contributed by atoms with E-state index in [-0.39, 0.29) is 6.04 Å². The first-order valence-corrected chi connectivity index (χ1v) is 6.98. The molecule has 0 saturated heterocycles. The second-order valence-corrected chi connectivity index (χ2v) is 4.89. The predicted octanol–water partition coefficient (Wildman–Crippen LogP) is 3.03. The Morgan fingerprint density at radius 1 is 1.30 bits per heavy atom. The van der Waals surface area contributed by atoms with Gasteiger partial charge in [0.15, 0.2) is 0 Å². The van der Waals surface area contributed by atoms with E-state index in [9.17, 15) is 0 Å². The van der Waals surface area contributed by atoms with Gasteiger partial charge in [0, 0.05) is 31.5 Å². The molecule has 0 bridgehead atoms. The van der Waals surface area contributed by atoms with Crippen molar-refractivity contribution >= 4 is 11.6 Å². The summed E-state index contributed by atoms with van der Waals surface area (Å²) in [6.45, 7) is 6.20. The van der Waals surface area contributed by atoms with Crippen LogP contribution in [0.5, 0.6) is 0 Å². The van der Waals surface area contributed by atoms with Crippen LogP contribution >= 0.6 is 0 Å². The molecule has 0 fully saturated rings. The average Bonchev–Trinajstić information content (AvgIpc) is 2.93. The van der Waals surface area contributed by atoms with Gasteiger partial charge in [0.25, 0.3) is 0 Å². The van der Waals surface area contributed by atoms with Gasteiger partial charge in [-0.25, -0.2) is 9.97 Å². The lowest BCUT2D eigenvalue weighted by Gasteiger charge is -2.17. The number of nitrogens with zero attached hydrogens (tertiary/aromatic N) is 2. The van der Waals surface area contributed by atoms with Gasteiger partial charge in [-0.05, 0) is 26.0 Å². The summed E-state index contributed by atoms with van der Waals surface area (Å²) in [5.41, 5.74) is 1.04. The molecule has 1 atom stereocenters. The normalized spacial score (nSPS) is 12.2. The van der Waals surface area contributed by atoms with Crippen molar-refractivity contribution < 1.29 is 4.42 Å². The standard InChI is InChI=1S/C15H22N4O/c1-5-13-18-14(16-4)11(3)15(19-13)17-10(2)9-12-7-6-8-20-12/h6-8,10H,5,9H2,1-4H3,(H2,16,17,18,19). The van der Waals surface area contributed by atoms with Crippen molar-refractivity contribution in [1.29, 1.82) is 0 Å². The summed E-state index contributed by atoms with van der Waals surface area (Å²) in [7, 11) is 1.88. The molecule has 2 aromatic rings. The van der Waals surface area contributed by atoms with Gasteiger partial charge in [-0.15, -0.1) is 0 Å². The molecule has 0 saturated carbocycles. The molecular weight excluding hydrogens is 252 g/mol. The number of aryl methyl sites for hydroxylation is 1. The first-order chi connectivity index (χ1) is 9.63. The van der Waals surface area contributed by atoms with E-state index >= 15 is 0 Å². The van der Waals surface area contributed by atoms with Gasteiger partial charge in [0.1, 0.15) is 23.2 Å². The average molecular weight is 274 g/mol. The molecule has 0 amide bonds. The summed E-state index contributed by atoms with van der Waals surface area (Å²) in [5, 5.41) is 6.57. The smallest absolute Gasteiger partial charge is 0.134 e. The van der Waals surface area contributed by atoms with Crippen LogP contribution in [0, 0.1) is 6.92 Å². The third kappa shape index (κ3) is 3.29. The second kappa shape index (κ2) is 6.41. The fourth-order valence-electron chi connectivity index (χ4n) is 2.12. The van der Waals surface area contributed by atoms with Gasteiger partial charge in [0.2, 0.25) is 0 Å². The highest BCUT2D eigenvalue weighted by atomic mass is 16.3. The van der Waals surface area contributed by atoms with Crippen LogP contribution in [-0.2, 0) is 12.8 Å². The van der Waals surface area contributed by atoms with Crippen molar-refractivity contribution in [1.82, 2.24) is 9.97 Å². The van der Waals surface area contributed by atoms with E-state index in [0.29, 0.717) is 0 Å². The topological polar surface area (TPSA) is 63.0 Å². The molecule has 5 nitrogen and oxygen atoms in total. The van der Waals surface area contributed by atoms with Crippen LogP contribution in [-0.4, -0.2) is 23.1 Å². The van der Waals surface area contributed by atoms with Crippen LogP contribution < -0.4 is 10.6 Å². The second-order valence-electron chi connectivity index (χ2n) is 4.89. The Hall–Kier alpha value is -2.04. The third-order valence-electron chi connectivity index (χ3n) is 3.22. The summed E-state index contributed by atoms with van der Waals surface area (Å²) >= 11 is 0. The molecule has 2 rings (SSSR count). The number of hydrogen-bond donors (Lipinski definition) is 2. The number of anilines is 2. The zero-order valence-electron chi connectivity index (χ0n) is 12.5. The number of rotatable bonds is 6. The Balaban J connectivity index is 2.15. The molecule has 108 valence electrons. The van der Waals surface area contributed by atoms with Crippen LogP contribution in [0.2, 0.25) is 0 Å². The maximum atomic E-state index is 5.38. The molecule has 2 heterocycles. The van der Waals surface area contributed by atoms with E-state index in [0.717, 1.165) is 41.6 Å². The Kier molecular flexibility index (Phi) is 4.61. The minimum Gasteiger partial charge on any atom is -0.469 e. The van der Waals surface area contributed by atoms with Crippen molar-refractivity contribution in [3.8, 4) is 0 Å². The molecule has 1 unspecified atom stereocenters. The minimum atomic E-state index is 0.240. The molecule has 0 spiro atoms. The lowest BCUT2D eigenvalue weighted by Crippen LogP contribution is -2.20. The summed E-state index contributed by atoms with van der Waals surface area (Å²) in [6, 6.07) is 4.14. The maximum Gasteiger partial charge on any atom is 0.134 e. The van der Waals surface area contributed by atoms with E-state index < -0.39 is 0 Å². The molecule has 0 aliphatic carbocycles. The summed E-state index contributed by atoms with van der Waals surface area (Å²) < 4.78 is 5.38. The van der Waals surface area contributed by atoms with Crippen molar-refractivity contribution in [3.05, 3.63) is 35.5 Å². The van der Waals surface area contributed by atoms with E-state index in [1.165, 1.54) is 0 Å². The lowest BCUT2D eigenvalue weighted by atomic mass is 10.2. The summed E-state index contributed by atoms with van der Waals surface area (Å²) in [4.78, 5) is 9.05. The molecule has 2 N–H and O–H groups in total. The SMILES string of the molecule is CCc1nc(NC)c(C)c(NC(C)Cc2ccco2)n1. The molecular formula is C15H22N4O. The number of hydrogen-bond acceptors (Lipinski definition) is 5. The highest BCUT2D eigenvalue weighted by Gasteiger charge is 2.12. The largest absolute Gasteiger partial charge is 0.469 e. The monoisotopic (exact) mass is 274 g/mol. The van der Waals surface area contributed by atoms with E-state index in [2.05, 4.69) is 34.4 Å². The van der Waals surface area contributed by atoms with Gasteiger partial charge >= 0.3 is 0 Å².